The van der Waals surface area contributed by atoms with Crippen molar-refractivity contribution in [3.63, 3.8) is 0 Å². The van der Waals surface area contributed by atoms with Crippen LogP contribution in [0.5, 0.6) is 17.2 Å². The van der Waals surface area contributed by atoms with Crippen molar-refractivity contribution in [2.24, 2.45) is 0 Å². The van der Waals surface area contributed by atoms with Crippen LogP contribution < -0.4 is 14.2 Å². The van der Waals surface area contributed by atoms with Crippen LogP contribution >= 0.6 is 0 Å². The zero-order valence-corrected chi connectivity index (χ0v) is 14.8. The first kappa shape index (κ1) is 16.2. The van der Waals surface area contributed by atoms with Gasteiger partial charge in [0.15, 0.2) is 0 Å². The van der Waals surface area contributed by atoms with Gasteiger partial charge in [0.25, 0.3) is 0 Å². The van der Waals surface area contributed by atoms with Gasteiger partial charge in [-0.1, -0.05) is 24.3 Å². The van der Waals surface area contributed by atoms with E-state index in [1.54, 1.807) is 21.3 Å². The molecule has 0 aliphatic heterocycles. The molecule has 0 radical (unpaired) electrons. The van der Waals surface area contributed by atoms with E-state index in [0.717, 1.165) is 50.3 Å². The van der Waals surface area contributed by atoms with Gasteiger partial charge in [-0.15, -0.1) is 0 Å². The summed E-state index contributed by atoms with van der Waals surface area (Å²) in [7, 11) is 5.11. The Hall–Kier alpha value is -2.68. The molecule has 0 amide bonds. The Kier molecular flexibility index (Phi) is 4.34. The van der Waals surface area contributed by atoms with Crippen molar-refractivity contribution in [1.29, 1.82) is 0 Å². The standard InChI is InChI=1S/C21H22O3/c1-13-10-15(11-14(2)20(13)23-4)18-12-19(22-3)16-8-6-7-9-17(16)21(18)24-5/h6-12H,1-5H3. The summed E-state index contributed by atoms with van der Waals surface area (Å²) in [5, 5.41) is 2.09. The van der Waals surface area contributed by atoms with Crippen molar-refractivity contribution < 1.29 is 14.2 Å². The van der Waals surface area contributed by atoms with E-state index in [1.165, 1.54) is 0 Å². The van der Waals surface area contributed by atoms with Gasteiger partial charge in [0.2, 0.25) is 0 Å². The maximum Gasteiger partial charge on any atom is 0.134 e. The Morgan fingerprint density at radius 1 is 0.667 bits per heavy atom. The van der Waals surface area contributed by atoms with Crippen molar-refractivity contribution in [2.75, 3.05) is 21.3 Å². The van der Waals surface area contributed by atoms with Gasteiger partial charge in [-0.05, 0) is 48.7 Å². The molecule has 3 nitrogen and oxygen atoms in total. The Labute approximate surface area is 142 Å². The molecule has 0 aromatic heterocycles. The summed E-state index contributed by atoms with van der Waals surface area (Å²) < 4.78 is 16.9. The smallest absolute Gasteiger partial charge is 0.134 e. The molecule has 124 valence electrons. The molecule has 0 heterocycles. The lowest BCUT2D eigenvalue weighted by atomic mass is 9.95. The van der Waals surface area contributed by atoms with Crippen molar-refractivity contribution in [3.8, 4) is 28.4 Å². The fourth-order valence-electron chi connectivity index (χ4n) is 3.35. The third-order valence-corrected chi connectivity index (χ3v) is 4.36. The first-order valence-electron chi connectivity index (χ1n) is 7.90. The summed E-state index contributed by atoms with van der Waals surface area (Å²) in [4.78, 5) is 0. The van der Waals surface area contributed by atoms with Gasteiger partial charge in [-0.3, -0.25) is 0 Å². The number of hydrogen-bond acceptors (Lipinski definition) is 3. The molecule has 24 heavy (non-hydrogen) atoms. The molecule has 0 spiro atoms. The minimum absolute atomic E-state index is 0.840. The summed E-state index contributed by atoms with van der Waals surface area (Å²) >= 11 is 0. The fourth-order valence-corrected chi connectivity index (χ4v) is 3.35. The minimum Gasteiger partial charge on any atom is -0.496 e. The predicted octanol–water partition coefficient (Wildman–Crippen LogP) is 5.15. The summed E-state index contributed by atoms with van der Waals surface area (Å²) in [5.74, 6) is 2.62. The lowest BCUT2D eigenvalue weighted by Crippen LogP contribution is -1.96. The Morgan fingerprint density at radius 3 is 1.79 bits per heavy atom. The van der Waals surface area contributed by atoms with Crippen LogP contribution in [0.25, 0.3) is 21.9 Å². The minimum atomic E-state index is 0.840. The lowest BCUT2D eigenvalue weighted by Gasteiger charge is -2.17. The SMILES string of the molecule is COc1c(C)cc(-c2cc(OC)c3ccccc3c2OC)cc1C. The van der Waals surface area contributed by atoms with Crippen molar-refractivity contribution in [1.82, 2.24) is 0 Å². The highest BCUT2D eigenvalue weighted by atomic mass is 16.5. The van der Waals surface area contributed by atoms with E-state index in [4.69, 9.17) is 14.2 Å². The quantitative estimate of drug-likeness (QED) is 0.665. The van der Waals surface area contributed by atoms with Crippen LogP contribution in [0.3, 0.4) is 0 Å². The van der Waals surface area contributed by atoms with Gasteiger partial charge in [-0.25, -0.2) is 0 Å². The van der Waals surface area contributed by atoms with Gasteiger partial charge < -0.3 is 14.2 Å². The van der Waals surface area contributed by atoms with Crippen LogP contribution in [0, 0.1) is 13.8 Å². The van der Waals surface area contributed by atoms with Crippen LogP contribution in [0.15, 0.2) is 42.5 Å². The molecule has 3 aromatic rings. The normalized spacial score (nSPS) is 10.7. The van der Waals surface area contributed by atoms with E-state index in [2.05, 4.69) is 32.0 Å². The largest absolute Gasteiger partial charge is 0.496 e. The van der Waals surface area contributed by atoms with Crippen molar-refractivity contribution >= 4 is 10.8 Å². The van der Waals surface area contributed by atoms with Crippen LogP contribution in [0.2, 0.25) is 0 Å². The maximum absolute atomic E-state index is 5.76. The second-order valence-electron chi connectivity index (χ2n) is 5.85. The number of aryl methyl sites for hydroxylation is 2. The van der Waals surface area contributed by atoms with Gasteiger partial charge in [-0.2, -0.15) is 0 Å². The van der Waals surface area contributed by atoms with Crippen LogP contribution in [0.1, 0.15) is 11.1 Å². The topological polar surface area (TPSA) is 27.7 Å². The average molecular weight is 322 g/mol. The molecule has 0 fully saturated rings. The Balaban J connectivity index is 2.34. The molecule has 0 atom stereocenters. The zero-order chi connectivity index (χ0) is 17.3. The highest BCUT2D eigenvalue weighted by molar-refractivity contribution is 5.99. The van der Waals surface area contributed by atoms with E-state index in [1.807, 2.05) is 24.3 Å². The first-order chi connectivity index (χ1) is 11.6. The number of benzene rings is 3. The second-order valence-corrected chi connectivity index (χ2v) is 5.85. The molecule has 3 rings (SSSR count). The van der Waals surface area contributed by atoms with E-state index in [-0.39, 0.29) is 0 Å². The summed E-state index contributed by atoms with van der Waals surface area (Å²) in [6, 6.07) is 14.4. The molecule has 0 bridgehead atoms. The molecule has 3 heteroatoms. The number of hydrogen-bond donors (Lipinski definition) is 0. The average Bonchev–Trinajstić information content (AvgIpc) is 2.59. The number of ether oxygens (including phenoxy) is 3. The molecular formula is C21H22O3. The Bertz CT molecular complexity index is 874. The van der Waals surface area contributed by atoms with E-state index >= 15 is 0 Å². The van der Waals surface area contributed by atoms with Gasteiger partial charge in [0.05, 0.1) is 21.3 Å². The summed E-state index contributed by atoms with van der Waals surface area (Å²) in [6.45, 7) is 4.11. The fraction of sp³-hybridized carbons (Fsp3) is 0.238. The molecule has 0 saturated carbocycles. The highest BCUT2D eigenvalue weighted by Gasteiger charge is 2.16. The van der Waals surface area contributed by atoms with Gasteiger partial charge >= 0.3 is 0 Å². The van der Waals surface area contributed by atoms with Crippen molar-refractivity contribution in [2.45, 2.75) is 13.8 Å². The molecule has 0 aliphatic carbocycles. The zero-order valence-electron chi connectivity index (χ0n) is 14.8. The number of rotatable bonds is 4. The molecule has 3 aromatic carbocycles. The molecule has 0 N–H and O–H groups in total. The molecular weight excluding hydrogens is 300 g/mol. The van der Waals surface area contributed by atoms with E-state index in [0.29, 0.717) is 0 Å². The maximum atomic E-state index is 5.76. The van der Waals surface area contributed by atoms with Crippen LogP contribution in [0.4, 0.5) is 0 Å². The van der Waals surface area contributed by atoms with E-state index < -0.39 is 0 Å². The predicted molar refractivity (Wildman–Crippen MR) is 98.5 cm³/mol. The first-order valence-corrected chi connectivity index (χ1v) is 7.90. The second kappa shape index (κ2) is 6.44. The summed E-state index contributed by atoms with van der Waals surface area (Å²) in [6.07, 6.45) is 0. The van der Waals surface area contributed by atoms with Crippen LogP contribution in [-0.4, -0.2) is 21.3 Å². The third-order valence-electron chi connectivity index (χ3n) is 4.36. The highest BCUT2D eigenvalue weighted by Crippen LogP contribution is 2.43. The summed E-state index contributed by atoms with van der Waals surface area (Å²) in [5.41, 5.74) is 4.30. The molecule has 0 saturated heterocycles. The van der Waals surface area contributed by atoms with Crippen molar-refractivity contribution in [3.05, 3.63) is 53.6 Å². The molecule has 0 aliphatic rings. The van der Waals surface area contributed by atoms with Gasteiger partial charge in [0, 0.05) is 16.3 Å². The van der Waals surface area contributed by atoms with E-state index in [9.17, 15) is 0 Å². The number of fused-ring (bicyclic) bond motifs is 1. The third kappa shape index (κ3) is 2.56. The Morgan fingerprint density at radius 2 is 1.25 bits per heavy atom. The lowest BCUT2D eigenvalue weighted by molar-refractivity contribution is 0.408. The molecule has 0 unspecified atom stereocenters. The van der Waals surface area contributed by atoms with Gasteiger partial charge in [0.1, 0.15) is 17.2 Å². The monoisotopic (exact) mass is 322 g/mol. The van der Waals surface area contributed by atoms with Crippen LogP contribution in [-0.2, 0) is 0 Å². The number of methoxy groups -OCH3 is 3.